The maximum atomic E-state index is 13.1. The Hall–Kier alpha value is -2.70. The maximum absolute atomic E-state index is 13.1. The molecule has 0 spiro atoms. The smallest absolute Gasteiger partial charge is 0.306 e. The van der Waals surface area contributed by atoms with Gasteiger partial charge in [0.15, 0.2) is 0 Å². The largest absolute Gasteiger partial charge is 0.462 e. The molecule has 0 aromatic rings. The molecule has 0 rings (SSSR count). The Labute approximate surface area is 358 Å². The molecule has 0 aliphatic heterocycles. The molecule has 0 aliphatic rings. The summed E-state index contributed by atoms with van der Waals surface area (Å²) >= 11 is 0. The number of aliphatic hydroxyl groups is 2. The first-order chi connectivity index (χ1) is 28.5. The quantitative estimate of drug-likeness (QED) is 0.0324. The monoisotopic (exact) mass is 810 g/mol. The van der Waals surface area contributed by atoms with Gasteiger partial charge in [-0.1, -0.05) is 203 Å². The molecule has 0 aromatic heterocycles. The van der Waals surface area contributed by atoms with Crippen molar-refractivity contribution in [1.82, 2.24) is 5.32 Å². The Morgan fingerprint density at radius 2 is 0.948 bits per heavy atom. The van der Waals surface area contributed by atoms with E-state index in [9.17, 15) is 19.8 Å². The van der Waals surface area contributed by atoms with E-state index in [1.165, 1.54) is 96.3 Å². The molecule has 1 amide bonds. The first-order valence-electron chi connectivity index (χ1n) is 24.2. The first kappa shape index (κ1) is 55.3. The number of ether oxygens (including phenoxy) is 1. The number of esters is 1. The van der Waals surface area contributed by atoms with E-state index < -0.39 is 18.2 Å². The summed E-state index contributed by atoms with van der Waals surface area (Å²) in [4.78, 5) is 26.0. The number of allylic oxidation sites excluding steroid dienone is 12. The summed E-state index contributed by atoms with van der Waals surface area (Å²) in [7, 11) is 0. The molecule has 0 saturated carbocycles. The molecule has 3 atom stereocenters. The fraction of sp³-hybridized carbons (Fsp3) is 0.731. The van der Waals surface area contributed by atoms with Crippen LogP contribution in [0.5, 0.6) is 0 Å². The molecular formula is C52H91NO5. The van der Waals surface area contributed by atoms with Crippen LogP contribution in [0.1, 0.15) is 220 Å². The van der Waals surface area contributed by atoms with Crippen molar-refractivity contribution < 1.29 is 24.5 Å². The lowest BCUT2D eigenvalue weighted by atomic mass is 10.0. The lowest BCUT2D eigenvalue weighted by molar-refractivity contribution is -0.150. The normalized spacial score (nSPS) is 13.9. The number of nitrogens with one attached hydrogen (secondary N) is 1. The molecule has 0 aliphatic carbocycles. The van der Waals surface area contributed by atoms with Crippen LogP contribution in [0, 0.1) is 0 Å². The molecule has 3 unspecified atom stereocenters. The molecule has 58 heavy (non-hydrogen) atoms. The standard InChI is InChI=1S/C52H91NO5/c1-4-7-10-13-16-19-22-24-25-26-27-30-33-36-39-42-45-52(57)58-48(43-40-37-34-31-29-23-20-17-14-11-8-5-2)46-51(56)53-49(47-54)50(55)44-41-38-35-32-28-21-18-15-12-9-6-3/h7,10,16,19,24-25,27,30-31,34,36,39,48-50,54-55H,4-6,8-9,11-15,17-18,20-23,26,28-29,32-33,35,37-38,40-47H2,1-3H3,(H,53,56)/b10-7+,19-16+,25-24+,30-27+,34-31-,39-36+. The summed E-state index contributed by atoms with van der Waals surface area (Å²) in [6.07, 6.45) is 56.9. The Kier molecular flexibility index (Phi) is 43.3. The van der Waals surface area contributed by atoms with Crippen LogP contribution in [0.15, 0.2) is 72.9 Å². The third kappa shape index (κ3) is 40.1. The lowest BCUT2D eigenvalue weighted by Gasteiger charge is -2.24. The Morgan fingerprint density at radius 3 is 1.45 bits per heavy atom. The van der Waals surface area contributed by atoms with Gasteiger partial charge in [0.05, 0.1) is 25.2 Å². The second-order valence-corrected chi connectivity index (χ2v) is 16.1. The van der Waals surface area contributed by atoms with Crippen LogP contribution in [-0.4, -0.2) is 46.9 Å². The van der Waals surface area contributed by atoms with Crippen LogP contribution in [0.4, 0.5) is 0 Å². The fourth-order valence-electron chi connectivity index (χ4n) is 6.89. The molecule has 0 saturated heterocycles. The van der Waals surface area contributed by atoms with Crippen LogP contribution < -0.4 is 5.32 Å². The zero-order valence-corrected chi connectivity index (χ0v) is 37.9. The lowest BCUT2D eigenvalue weighted by Crippen LogP contribution is -2.46. The second-order valence-electron chi connectivity index (χ2n) is 16.1. The molecule has 0 heterocycles. The number of hydrogen-bond donors (Lipinski definition) is 3. The number of amides is 1. The van der Waals surface area contributed by atoms with Crippen molar-refractivity contribution in [2.24, 2.45) is 0 Å². The van der Waals surface area contributed by atoms with Gasteiger partial charge in [0, 0.05) is 6.42 Å². The van der Waals surface area contributed by atoms with E-state index in [-0.39, 0.29) is 31.3 Å². The van der Waals surface area contributed by atoms with Crippen molar-refractivity contribution in [2.45, 2.75) is 238 Å². The number of carbonyl (C=O) groups is 2. The van der Waals surface area contributed by atoms with Gasteiger partial charge in [-0.2, -0.15) is 0 Å². The highest BCUT2D eigenvalue weighted by atomic mass is 16.5. The molecule has 0 fully saturated rings. The van der Waals surface area contributed by atoms with Crippen molar-refractivity contribution in [2.75, 3.05) is 6.61 Å². The van der Waals surface area contributed by atoms with Gasteiger partial charge >= 0.3 is 5.97 Å². The van der Waals surface area contributed by atoms with Gasteiger partial charge in [0.2, 0.25) is 5.91 Å². The summed E-state index contributed by atoms with van der Waals surface area (Å²) < 4.78 is 5.85. The van der Waals surface area contributed by atoms with Gasteiger partial charge in [-0.25, -0.2) is 0 Å². The van der Waals surface area contributed by atoms with E-state index in [0.29, 0.717) is 19.3 Å². The van der Waals surface area contributed by atoms with Gasteiger partial charge in [0.25, 0.3) is 0 Å². The highest BCUT2D eigenvalue weighted by molar-refractivity contribution is 5.77. The van der Waals surface area contributed by atoms with Crippen LogP contribution in [-0.2, 0) is 14.3 Å². The number of aliphatic hydroxyl groups excluding tert-OH is 2. The zero-order valence-electron chi connectivity index (χ0n) is 37.9. The summed E-state index contributed by atoms with van der Waals surface area (Å²) in [6, 6.07) is -0.725. The molecule has 3 N–H and O–H groups in total. The Morgan fingerprint density at radius 1 is 0.517 bits per heavy atom. The van der Waals surface area contributed by atoms with Gasteiger partial charge in [-0.3, -0.25) is 9.59 Å². The van der Waals surface area contributed by atoms with E-state index in [2.05, 4.69) is 92.9 Å². The number of hydrogen-bond acceptors (Lipinski definition) is 5. The van der Waals surface area contributed by atoms with Crippen molar-refractivity contribution >= 4 is 11.9 Å². The van der Waals surface area contributed by atoms with Crippen LogP contribution in [0.25, 0.3) is 0 Å². The zero-order chi connectivity index (χ0) is 42.4. The van der Waals surface area contributed by atoms with Gasteiger partial charge in [-0.15, -0.1) is 0 Å². The summed E-state index contributed by atoms with van der Waals surface area (Å²) in [5, 5.41) is 23.6. The number of rotatable bonds is 42. The highest BCUT2D eigenvalue weighted by Gasteiger charge is 2.23. The summed E-state index contributed by atoms with van der Waals surface area (Å²) in [5.74, 6) is -0.606. The van der Waals surface area contributed by atoms with Gasteiger partial charge in [0.1, 0.15) is 6.10 Å². The molecular weight excluding hydrogens is 719 g/mol. The van der Waals surface area contributed by atoms with Crippen molar-refractivity contribution in [3.8, 4) is 0 Å². The molecule has 6 nitrogen and oxygen atoms in total. The van der Waals surface area contributed by atoms with Crippen molar-refractivity contribution in [3.05, 3.63) is 72.9 Å². The SMILES string of the molecule is CC/C=C/C/C=C/C/C=C/C/C=C/C/C=C/CCC(=O)OC(CCC/C=C\CCCCCCCCC)CC(=O)NC(CO)C(O)CCCCCCCCCCCCC. The highest BCUT2D eigenvalue weighted by Crippen LogP contribution is 2.16. The van der Waals surface area contributed by atoms with Gasteiger partial charge < -0.3 is 20.3 Å². The van der Waals surface area contributed by atoms with Gasteiger partial charge in [-0.05, 0) is 77.0 Å². The maximum Gasteiger partial charge on any atom is 0.306 e. The summed E-state index contributed by atoms with van der Waals surface area (Å²) in [5.41, 5.74) is 0. The average Bonchev–Trinajstić information content (AvgIpc) is 3.22. The molecule has 6 heteroatoms. The Balaban J connectivity index is 4.74. The fourth-order valence-corrected chi connectivity index (χ4v) is 6.89. The minimum absolute atomic E-state index is 0.0246. The molecule has 0 bridgehead atoms. The topological polar surface area (TPSA) is 95.9 Å². The van der Waals surface area contributed by atoms with Crippen molar-refractivity contribution in [1.29, 1.82) is 0 Å². The third-order valence-electron chi connectivity index (χ3n) is 10.5. The van der Waals surface area contributed by atoms with E-state index in [1.54, 1.807) is 0 Å². The van der Waals surface area contributed by atoms with Crippen LogP contribution in [0.2, 0.25) is 0 Å². The first-order valence-corrected chi connectivity index (χ1v) is 24.2. The van der Waals surface area contributed by atoms with E-state index in [1.807, 2.05) is 6.08 Å². The van der Waals surface area contributed by atoms with E-state index >= 15 is 0 Å². The minimum atomic E-state index is -0.807. The number of unbranched alkanes of at least 4 members (excludes halogenated alkanes) is 18. The van der Waals surface area contributed by atoms with E-state index in [4.69, 9.17) is 4.74 Å². The average molecular weight is 810 g/mol. The van der Waals surface area contributed by atoms with E-state index in [0.717, 1.165) is 70.6 Å². The third-order valence-corrected chi connectivity index (χ3v) is 10.5. The molecule has 334 valence electrons. The summed E-state index contributed by atoms with van der Waals surface area (Å²) in [6.45, 7) is 6.32. The van der Waals surface area contributed by atoms with Crippen molar-refractivity contribution in [3.63, 3.8) is 0 Å². The molecule has 0 radical (unpaired) electrons. The second kappa shape index (κ2) is 45.4. The minimum Gasteiger partial charge on any atom is -0.462 e. The predicted octanol–water partition coefficient (Wildman–Crippen LogP) is 14.2. The van der Waals surface area contributed by atoms with Crippen LogP contribution in [0.3, 0.4) is 0 Å². The Bertz CT molecular complexity index is 1090. The number of carbonyl (C=O) groups excluding carboxylic acids is 2. The van der Waals surface area contributed by atoms with Crippen LogP contribution >= 0.6 is 0 Å². The predicted molar refractivity (Wildman–Crippen MR) is 250 cm³/mol. The molecule has 0 aromatic carbocycles.